The second-order valence-electron chi connectivity index (χ2n) is 6.49. The zero-order chi connectivity index (χ0) is 17.6. The number of aromatic nitrogens is 3. The zero-order valence-electron chi connectivity index (χ0n) is 13.7. The Balaban J connectivity index is 1.58. The fraction of sp³-hybridized carbons (Fsp3) is 0.333. The van der Waals surface area contributed by atoms with Gasteiger partial charge in [0.15, 0.2) is 0 Å². The van der Waals surface area contributed by atoms with Gasteiger partial charge in [0.25, 0.3) is 0 Å². The Labute approximate surface area is 142 Å². The molecule has 1 aliphatic heterocycles. The summed E-state index contributed by atoms with van der Waals surface area (Å²) >= 11 is 0. The van der Waals surface area contributed by atoms with Crippen molar-refractivity contribution in [3.05, 3.63) is 58.8 Å². The lowest BCUT2D eigenvalue weighted by Gasteiger charge is -2.28. The molecule has 4 nitrogen and oxygen atoms in total. The van der Waals surface area contributed by atoms with Crippen LogP contribution in [0.15, 0.2) is 30.6 Å². The molecule has 0 spiro atoms. The van der Waals surface area contributed by atoms with Crippen LogP contribution < -0.4 is 0 Å². The molecular formula is C18H17F3N4. The van der Waals surface area contributed by atoms with E-state index in [4.69, 9.17) is 0 Å². The summed E-state index contributed by atoms with van der Waals surface area (Å²) in [6.45, 7) is 3.90. The molecule has 7 heteroatoms. The number of benzene rings is 1. The maximum Gasteiger partial charge on any atom is 0.451 e. The Hall–Kier alpha value is -2.41. The van der Waals surface area contributed by atoms with Crippen LogP contribution in [-0.4, -0.2) is 26.4 Å². The summed E-state index contributed by atoms with van der Waals surface area (Å²) in [5, 5.41) is 1.16. The van der Waals surface area contributed by atoms with Gasteiger partial charge in [0.1, 0.15) is 0 Å². The molecular weight excluding hydrogens is 329 g/mol. The third kappa shape index (κ3) is 3.11. The van der Waals surface area contributed by atoms with E-state index in [1.54, 1.807) is 0 Å². The van der Waals surface area contributed by atoms with Crippen LogP contribution in [0, 0.1) is 6.92 Å². The number of H-pyrrole nitrogens is 1. The van der Waals surface area contributed by atoms with Crippen molar-refractivity contribution in [3.8, 4) is 0 Å². The maximum atomic E-state index is 12.8. The van der Waals surface area contributed by atoms with Crippen molar-refractivity contribution in [1.29, 1.82) is 0 Å². The SMILES string of the molecule is Cc1ccc2[nH]cc(CN3CCc4cnc(C(F)(F)F)nc4C3)c2c1. The summed E-state index contributed by atoms with van der Waals surface area (Å²) in [7, 11) is 0. The molecule has 1 aliphatic rings. The molecule has 3 aromatic rings. The molecule has 130 valence electrons. The van der Waals surface area contributed by atoms with E-state index in [2.05, 4.69) is 32.0 Å². The second-order valence-corrected chi connectivity index (χ2v) is 6.49. The average molecular weight is 346 g/mol. The number of aryl methyl sites for hydroxylation is 1. The summed E-state index contributed by atoms with van der Waals surface area (Å²) in [4.78, 5) is 12.6. The molecule has 0 saturated heterocycles. The fourth-order valence-corrected chi connectivity index (χ4v) is 3.29. The van der Waals surface area contributed by atoms with Gasteiger partial charge in [-0.2, -0.15) is 13.2 Å². The Morgan fingerprint density at radius 1 is 1.28 bits per heavy atom. The second kappa shape index (κ2) is 5.84. The molecule has 1 aromatic carbocycles. The number of alkyl halides is 3. The van der Waals surface area contributed by atoms with Gasteiger partial charge in [0, 0.05) is 42.9 Å². The third-order valence-electron chi connectivity index (χ3n) is 4.60. The minimum absolute atomic E-state index is 0.402. The molecule has 0 aliphatic carbocycles. The van der Waals surface area contributed by atoms with E-state index in [0.29, 0.717) is 25.2 Å². The number of fused-ring (bicyclic) bond motifs is 2. The standard InChI is InChI=1S/C18H17F3N4/c1-11-2-3-15-14(6-11)13(8-22-15)9-25-5-4-12-7-23-17(18(19,20)21)24-16(12)10-25/h2-3,6-8,22H,4-5,9-10H2,1H3. The van der Waals surface area contributed by atoms with E-state index in [1.807, 2.05) is 19.2 Å². The molecule has 1 N–H and O–H groups in total. The summed E-state index contributed by atoms with van der Waals surface area (Å²) in [6, 6.07) is 6.22. The number of halogens is 3. The Morgan fingerprint density at radius 2 is 2.12 bits per heavy atom. The predicted molar refractivity (Wildman–Crippen MR) is 87.9 cm³/mol. The Bertz CT molecular complexity index is 930. The van der Waals surface area contributed by atoms with Gasteiger partial charge in [-0.1, -0.05) is 11.6 Å². The number of rotatable bonds is 2. The van der Waals surface area contributed by atoms with Crippen molar-refractivity contribution in [2.75, 3.05) is 6.54 Å². The normalized spacial score (nSPS) is 15.5. The third-order valence-corrected chi connectivity index (χ3v) is 4.60. The number of aromatic amines is 1. The smallest absolute Gasteiger partial charge is 0.361 e. The van der Waals surface area contributed by atoms with Gasteiger partial charge in [-0.3, -0.25) is 4.90 Å². The number of hydrogen-bond acceptors (Lipinski definition) is 3. The first-order chi connectivity index (χ1) is 11.9. The van der Waals surface area contributed by atoms with Crippen LogP contribution in [0.3, 0.4) is 0 Å². The summed E-state index contributed by atoms with van der Waals surface area (Å²) in [5.41, 5.74) is 4.68. The zero-order valence-corrected chi connectivity index (χ0v) is 13.7. The summed E-state index contributed by atoms with van der Waals surface area (Å²) in [6.07, 6.45) is -0.557. The lowest BCUT2D eigenvalue weighted by atomic mass is 10.1. The van der Waals surface area contributed by atoms with Crippen LogP contribution in [0.1, 0.15) is 28.2 Å². The fourth-order valence-electron chi connectivity index (χ4n) is 3.29. The molecule has 0 saturated carbocycles. The van der Waals surface area contributed by atoms with Crippen molar-refractivity contribution in [1.82, 2.24) is 19.9 Å². The maximum absolute atomic E-state index is 12.8. The molecule has 4 rings (SSSR count). The van der Waals surface area contributed by atoms with Gasteiger partial charge in [0.05, 0.1) is 5.69 Å². The molecule has 0 amide bonds. The molecule has 0 radical (unpaired) electrons. The lowest BCUT2D eigenvalue weighted by molar-refractivity contribution is -0.145. The van der Waals surface area contributed by atoms with Gasteiger partial charge < -0.3 is 4.98 Å². The quantitative estimate of drug-likeness (QED) is 0.767. The van der Waals surface area contributed by atoms with E-state index in [-0.39, 0.29) is 0 Å². The minimum atomic E-state index is -4.51. The molecule has 0 unspecified atom stereocenters. The van der Waals surface area contributed by atoms with Crippen molar-refractivity contribution in [2.45, 2.75) is 32.6 Å². The van der Waals surface area contributed by atoms with E-state index in [0.717, 1.165) is 28.6 Å². The molecule has 3 heterocycles. The topological polar surface area (TPSA) is 44.8 Å². The van der Waals surface area contributed by atoms with Gasteiger partial charge in [0.2, 0.25) is 5.82 Å². The number of nitrogens with zero attached hydrogens (tertiary/aromatic N) is 3. The monoisotopic (exact) mass is 346 g/mol. The first-order valence-corrected chi connectivity index (χ1v) is 8.11. The van der Waals surface area contributed by atoms with Gasteiger partial charge in [-0.05, 0) is 36.6 Å². The predicted octanol–water partition coefficient (Wildman–Crippen LogP) is 3.84. The van der Waals surface area contributed by atoms with Crippen LogP contribution in [-0.2, 0) is 25.7 Å². The molecule has 2 aromatic heterocycles. The van der Waals surface area contributed by atoms with Gasteiger partial charge in [-0.25, -0.2) is 9.97 Å². The van der Waals surface area contributed by atoms with Gasteiger partial charge >= 0.3 is 6.18 Å². The summed E-state index contributed by atoms with van der Waals surface area (Å²) in [5.74, 6) is -1.06. The highest BCUT2D eigenvalue weighted by atomic mass is 19.4. The van der Waals surface area contributed by atoms with Crippen molar-refractivity contribution in [2.24, 2.45) is 0 Å². The average Bonchev–Trinajstić information content (AvgIpc) is 2.95. The molecule has 0 atom stereocenters. The van der Waals surface area contributed by atoms with Crippen LogP contribution in [0.4, 0.5) is 13.2 Å². The van der Waals surface area contributed by atoms with Crippen LogP contribution in [0.5, 0.6) is 0 Å². The molecule has 0 fully saturated rings. The van der Waals surface area contributed by atoms with Crippen molar-refractivity contribution in [3.63, 3.8) is 0 Å². The minimum Gasteiger partial charge on any atom is -0.361 e. The number of nitrogens with one attached hydrogen (secondary N) is 1. The highest BCUT2D eigenvalue weighted by molar-refractivity contribution is 5.83. The Morgan fingerprint density at radius 3 is 2.92 bits per heavy atom. The largest absolute Gasteiger partial charge is 0.451 e. The first-order valence-electron chi connectivity index (χ1n) is 8.11. The molecule has 25 heavy (non-hydrogen) atoms. The van der Waals surface area contributed by atoms with Gasteiger partial charge in [-0.15, -0.1) is 0 Å². The lowest BCUT2D eigenvalue weighted by Crippen LogP contribution is -2.31. The van der Waals surface area contributed by atoms with E-state index >= 15 is 0 Å². The van der Waals surface area contributed by atoms with E-state index < -0.39 is 12.0 Å². The van der Waals surface area contributed by atoms with Crippen LogP contribution in [0.2, 0.25) is 0 Å². The van der Waals surface area contributed by atoms with Crippen LogP contribution in [0.25, 0.3) is 10.9 Å². The summed E-state index contributed by atoms with van der Waals surface area (Å²) < 4.78 is 38.5. The van der Waals surface area contributed by atoms with Crippen molar-refractivity contribution >= 4 is 10.9 Å². The molecule has 0 bridgehead atoms. The van der Waals surface area contributed by atoms with E-state index in [9.17, 15) is 13.2 Å². The Kier molecular flexibility index (Phi) is 3.76. The van der Waals surface area contributed by atoms with Crippen LogP contribution >= 0.6 is 0 Å². The highest BCUT2D eigenvalue weighted by Gasteiger charge is 2.35. The number of hydrogen-bond donors (Lipinski definition) is 1. The first kappa shape index (κ1) is 16.1. The highest BCUT2D eigenvalue weighted by Crippen LogP contribution is 2.28. The van der Waals surface area contributed by atoms with Crippen molar-refractivity contribution < 1.29 is 13.2 Å². The van der Waals surface area contributed by atoms with E-state index in [1.165, 1.54) is 11.8 Å².